The van der Waals surface area contributed by atoms with Gasteiger partial charge in [0, 0.05) is 15.9 Å². The first kappa shape index (κ1) is 9.86. The van der Waals surface area contributed by atoms with Gasteiger partial charge in [0.2, 0.25) is 0 Å². The molecule has 0 aliphatic heterocycles. The molecule has 2 nitrogen and oxygen atoms in total. The minimum atomic E-state index is -2.66. The summed E-state index contributed by atoms with van der Waals surface area (Å²) in [6.45, 7) is 0. The highest BCUT2D eigenvalue weighted by molar-refractivity contribution is 9.10. The van der Waals surface area contributed by atoms with Crippen LogP contribution in [0.1, 0.15) is 12.0 Å². The molecule has 14 heavy (non-hydrogen) atoms. The fourth-order valence-electron chi connectivity index (χ4n) is 1.17. The largest absolute Gasteiger partial charge is 0.431 e. The second kappa shape index (κ2) is 3.47. The summed E-state index contributed by atoms with van der Waals surface area (Å²) in [4.78, 5) is 3.94. The van der Waals surface area contributed by atoms with Crippen LogP contribution in [0.3, 0.4) is 0 Å². The number of nitrogens with zero attached hydrogens (tertiary/aromatic N) is 1. The van der Waals surface area contributed by atoms with Crippen molar-refractivity contribution in [2.75, 3.05) is 0 Å². The van der Waals surface area contributed by atoms with Gasteiger partial charge in [-0.1, -0.05) is 11.6 Å². The lowest BCUT2D eigenvalue weighted by atomic mass is 10.2. The van der Waals surface area contributed by atoms with E-state index in [2.05, 4.69) is 20.9 Å². The molecule has 1 aromatic heterocycles. The van der Waals surface area contributed by atoms with Gasteiger partial charge in [-0.2, -0.15) is 0 Å². The fourth-order valence-corrected chi connectivity index (χ4v) is 1.76. The van der Waals surface area contributed by atoms with E-state index < -0.39 is 6.43 Å². The van der Waals surface area contributed by atoms with Gasteiger partial charge < -0.3 is 4.42 Å². The molecule has 0 radical (unpaired) electrons. The number of benzene rings is 1. The molecule has 74 valence electrons. The van der Waals surface area contributed by atoms with E-state index in [4.69, 9.17) is 16.0 Å². The van der Waals surface area contributed by atoms with Crippen LogP contribution in [0.4, 0.5) is 8.78 Å². The van der Waals surface area contributed by atoms with Gasteiger partial charge in [0.15, 0.2) is 5.58 Å². The molecule has 2 rings (SSSR count). The number of fused-ring (bicyclic) bond motifs is 1. The highest BCUT2D eigenvalue weighted by Gasteiger charge is 2.19. The van der Waals surface area contributed by atoms with Crippen molar-refractivity contribution in [1.29, 1.82) is 0 Å². The summed E-state index contributed by atoms with van der Waals surface area (Å²) < 4.78 is 30.2. The molecule has 1 aromatic carbocycles. The van der Waals surface area contributed by atoms with Crippen LogP contribution in [0.25, 0.3) is 11.1 Å². The molecule has 0 N–H and O–H groups in total. The van der Waals surface area contributed by atoms with Gasteiger partial charge in [0.1, 0.15) is 5.52 Å². The summed E-state index contributed by atoms with van der Waals surface area (Å²) in [6.07, 6.45) is -2.66. The Bertz CT molecular complexity index is 485. The third kappa shape index (κ3) is 1.50. The summed E-state index contributed by atoms with van der Waals surface area (Å²) in [6, 6.07) is 2.87. The Labute approximate surface area is 91.0 Å². The number of halogens is 4. The van der Waals surface area contributed by atoms with Crippen LogP contribution in [0.15, 0.2) is 21.3 Å². The van der Waals surface area contributed by atoms with Gasteiger partial charge in [-0.3, -0.25) is 0 Å². The van der Waals surface area contributed by atoms with E-state index in [0.29, 0.717) is 0 Å². The average Bonchev–Trinajstić information content (AvgIpc) is 2.43. The summed E-state index contributed by atoms with van der Waals surface area (Å²) in [5.74, 6) is 0. The molecule has 6 heteroatoms. The van der Waals surface area contributed by atoms with Crippen LogP contribution in [-0.4, -0.2) is 4.98 Å². The zero-order valence-corrected chi connectivity index (χ0v) is 8.94. The molecule has 0 saturated carbocycles. The van der Waals surface area contributed by atoms with Crippen LogP contribution in [-0.2, 0) is 0 Å². The van der Waals surface area contributed by atoms with Crippen molar-refractivity contribution in [3.63, 3.8) is 0 Å². The second-order valence-corrected chi connectivity index (χ2v) is 3.66. The molecule has 2 aromatic rings. The Morgan fingerprint density at radius 3 is 2.79 bits per heavy atom. The minimum absolute atomic E-state index is 0.00620. The number of hydrogen-bond donors (Lipinski definition) is 0. The monoisotopic (exact) mass is 281 g/mol. The van der Waals surface area contributed by atoms with Crippen molar-refractivity contribution in [2.45, 2.75) is 6.43 Å². The molecule has 0 spiro atoms. The van der Waals surface area contributed by atoms with Gasteiger partial charge in [0.25, 0.3) is 11.2 Å². The Morgan fingerprint density at radius 2 is 2.14 bits per heavy atom. The molecule has 0 amide bonds. The quantitative estimate of drug-likeness (QED) is 0.784. The number of aromatic nitrogens is 1. The van der Waals surface area contributed by atoms with Crippen LogP contribution >= 0.6 is 27.5 Å². The lowest BCUT2D eigenvalue weighted by Gasteiger charge is -2.01. The van der Waals surface area contributed by atoms with E-state index in [-0.39, 0.29) is 26.5 Å². The van der Waals surface area contributed by atoms with Crippen molar-refractivity contribution < 1.29 is 13.2 Å². The second-order valence-electron chi connectivity index (χ2n) is 2.58. The highest BCUT2D eigenvalue weighted by Crippen LogP contribution is 2.34. The first-order chi connectivity index (χ1) is 6.59. The number of rotatable bonds is 1. The minimum Gasteiger partial charge on any atom is -0.431 e. The van der Waals surface area contributed by atoms with E-state index in [1.54, 1.807) is 0 Å². The predicted molar refractivity (Wildman–Crippen MR) is 51.7 cm³/mol. The zero-order valence-electron chi connectivity index (χ0n) is 6.60. The first-order valence-corrected chi connectivity index (χ1v) is 4.79. The summed E-state index contributed by atoms with van der Waals surface area (Å²) in [5, 5.41) is -0.00620. The molecule has 0 unspecified atom stereocenters. The van der Waals surface area contributed by atoms with E-state index in [1.165, 1.54) is 12.1 Å². The van der Waals surface area contributed by atoms with Crippen LogP contribution in [0.2, 0.25) is 5.02 Å². The number of oxazole rings is 1. The summed E-state index contributed by atoms with van der Waals surface area (Å²) in [7, 11) is 0. The molecule has 0 bridgehead atoms. The van der Waals surface area contributed by atoms with Gasteiger partial charge in [-0.25, -0.2) is 13.8 Å². The molecule has 0 fully saturated rings. The molecule has 0 atom stereocenters. The van der Waals surface area contributed by atoms with Crippen LogP contribution in [0.5, 0.6) is 0 Å². The topological polar surface area (TPSA) is 26.0 Å². The SMILES string of the molecule is FC(F)c1c(Cl)ccc2oc(Br)nc12. The smallest absolute Gasteiger partial charge is 0.267 e. The number of hydrogen-bond acceptors (Lipinski definition) is 2. The third-order valence-corrected chi connectivity index (χ3v) is 2.41. The van der Waals surface area contributed by atoms with E-state index in [9.17, 15) is 8.78 Å². The maximum Gasteiger partial charge on any atom is 0.267 e. The molecule has 0 aliphatic rings. The lowest BCUT2D eigenvalue weighted by Crippen LogP contribution is -1.87. The Morgan fingerprint density at radius 1 is 1.43 bits per heavy atom. The van der Waals surface area contributed by atoms with Gasteiger partial charge in [-0.15, -0.1) is 0 Å². The zero-order chi connectivity index (χ0) is 10.3. The maximum absolute atomic E-state index is 12.6. The van der Waals surface area contributed by atoms with E-state index >= 15 is 0 Å². The van der Waals surface area contributed by atoms with Crippen LogP contribution < -0.4 is 0 Å². The van der Waals surface area contributed by atoms with Gasteiger partial charge in [0.05, 0.1) is 10.6 Å². The fraction of sp³-hybridized carbons (Fsp3) is 0.125. The van der Waals surface area contributed by atoms with E-state index in [0.717, 1.165) is 0 Å². The lowest BCUT2D eigenvalue weighted by molar-refractivity contribution is 0.153. The average molecular weight is 282 g/mol. The third-order valence-electron chi connectivity index (χ3n) is 1.74. The highest BCUT2D eigenvalue weighted by atomic mass is 79.9. The van der Waals surface area contributed by atoms with Crippen molar-refractivity contribution in [2.24, 2.45) is 0 Å². The van der Waals surface area contributed by atoms with E-state index in [1.807, 2.05) is 0 Å². The molecule has 0 saturated heterocycles. The summed E-state index contributed by atoms with van der Waals surface area (Å²) >= 11 is 8.60. The van der Waals surface area contributed by atoms with Gasteiger partial charge in [-0.05, 0) is 12.1 Å². The Kier molecular flexibility index (Phi) is 2.45. The maximum atomic E-state index is 12.6. The van der Waals surface area contributed by atoms with Crippen molar-refractivity contribution >= 4 is 38.6 Å². The van der Waals surface area contributed by atoms with Crippen molar-refractivity contribution in [1.82, 2.24) is 4.98 Å². The molecule has 0 aliphatic carbocycles. The number of alkyl halides is 2. The van der Waals surface area contributed by atoms with Gasteiger partial charge >= 0.3 is 0 Å². The molecule has 1 heterocycles. The standard InChI is InChI=1S/C8H3BrClF2NO/c9-8-13-6-4(14-8)2-1-3(10)5(6)7(11)12/h1-2,7H. The van der Waals surface area contributed by atoms with Crippen molar-refractivity contribution in [3.8, 4) is 0 Å². The molecular weight excluding hydrogens is 279 g/mol. The van der Waals surface area contributed by atoms with Crippen molar-refractivity contribution in [3.05, 3.63) is 27.5 Å². The molecular formula is C8H3BrClF2NO. The Balaban J connectivity index is 2.82. The normalized spacial score (nSPS) is 11.5. The first-order valence-electron chi connectivity index (χ1n) is 3.62. The van der Waals surface area contributed by atoms with Crippen LogP contribution in [0, 0.1) is 0 Å². The predicted octanol–water partition coefficient (Wildman–Crippen LogP) is 4.18. The Hall–Kier alpha value is -0.680. The summed E-state index contributed by atoms with van der Waals surface area (Å²) in [5.41, 5.74) is 0.0922.